The lowest BCUT2D eigenvalue weighted by Crippen LogP contribution is -2.35. The summed E-state index contributed by atoms with van der Waals surface area (Å²) in [5, 5.41) is 16.3. The summed E-state index contributed by atoms with van der Waals surface area (Å²) < 4.78 is 1.70. The fraction of sp³-hybridized carbons (Fsp3) is 0.167. The van der Waals surface area contributed by atoms with Crippen molar-refractivity contribution in [2.45, 2.75) is 19.4 Å². The molecule has 27 heavy (non-hydrogen) atoms. The third kappa shape index (κ3) is 2.88. The standard InChI is InChI=1S/C18H15N5O4/c1-10-8-11(23(26)27)6-7-12(10)19-17(25)15-9-16(24)21-18-20-13-4-2-3-5-14(13)22(15)18/h2-8,15H,9H2,1H3,(H,19,25)(H,20,21,24). The number of rotatable bonds is 3. The Morgan fingerprint density at radius 2 is 2.11 bits per heavy atom. The highest BCUT2D eigenvalue weighted by atomic mass is 16.6. The average molecular weight is 365 g/mol. The molecule has 0 bridgehead atoms. The van der Waals surface area contributed by atoms with Crippen LogP contribution in [0.3, 0.4) is 0 Å². The minimum absolute atomic E-state index is 0.0226. The molecule has 2 N–H and O–H groups in total. The Morgan fingerprint density at radius 1 is 1.33 bits per heavy atom. The molecule has 4 rings (SSSR count). The van der Waals surface area contributed by atoms with E-state index in [1.54, 1.807) is 11.5 Å². The molecule has 9 nitrogen and oxygen atoms in total. The predicted octanol–water partition coefficient (Wildman–Crippen LogP) is 2.77. The van der Waals surface area contributed by atoms with E-state index in [0.29, 0.717) is 22.7 Å². The van der Waals surface area contributed by atoms with Gasteiger partial charge < -0.3 is 5.32 Å². The Hall–Kier alpha value is -3.75. The number of imidazole rings is 1. The molecule has 136 valence electrons. The van der Waals surface area contributed by atoms with Crippen LogP contribution in [0.1, 0.15) is 18.0 Å². The van der Waals surface area contributed by atoms with Crippen LogP contribution in [0.15, 0.2) is 42.5 Å². The zero-order chi connectivity index (χ0) is 19.1. The molecule has 1 unspecified atom stereocenters. The summed E-state index contributed by atoms with van der Waals surface area (Å²) in [4.78, 5) is 39.7. The van der Waals surface area contributed by atoms with Crippen LogP contribution in [-0.4, -0.2) is 26.3 Å². The molecule has 3 aromatic rings. The fourth-order valence-electron chi connectivity index (χ4n) is 3.22. The zero-order valence-electron chi connectivity index (χ0n) is 14.3. The molecule has 0 fully saturated rings. The number of non-ortho nitro benzene ring substituents is 1. The van der Waals surface area contributed by atoms with Gasteiger partial charge in [0, 0.05) is 17.8 Å². The molecule has 2 heterocycles. The summed E-state index contributed by atoms with van der Waals surface area (Å²) >= 11 is 0. The third-order valence-corrected chi connectivity index (χ3v) is 4.52. The van der Waals surface area contributed by atoms with Crippen LogP contribution in [-0.2, 0) is 9.59 Å². The molecule has 1 atom stereocenters. The average Bonchev–Trinajstić information content (AvgIpc) is 3.00. The number of fused-ring (bicyclic) bond motifs is 3. The first-order valence-corrected chi connectivity index (χ1v) is 8.27. The van der Waals surface area contributed by atoms with Crippen molar-refractivity contribution in [3.8, 4) is 0 Å². The van der Waals surface area contributed by atoms with Crippen LogP contribution in [0, 0.1) is 17.0 Å². The van der Waals surface area contributed by atoms with E-state index in [-0.39, 0.29) is 23.9 Å². The van der Waals surface area contributed by atoms with Crippen LogP contribution in [0.25, 0.3) is 11.0 Å². The molecular formula is C18H15N5O4. The summed E-state index contributed by atoms with van der Waals surface area (Å²) in [6, 6.07) is 10.7. The van der Waals surface area contributed by atoms with Gasteiger partial charge in [-0.3, -0.25) is 29.6 Å². The molecule has 1 aliphatic rings. The van der Waals surface area contributed by atoms with E-state index in [2.05, 4.69) is 15.6 Å². The van der Waals surface area contributed by atoms with E-state index in [0.717, 1.165) is 5.52 Å². The number of amides is 2. The van der Waals surface area contributed by atoms with E-state index in [9.17, 15) is 19.7 Å². The van der Waals surface area contributed by atoms with Crippen LogP contribution < -0.4 is 10.6 Å². The van der Waals surface area contributed by atoms with Gasteiger partial charge in [0.1, 0.15) is 6.04 Å². The van der Waals surface area contributed by atoms with E-state index < -0.39 is 11.0 Å². The first kappa shape index (κ1) is 16.7. The maximum atomic E-state index is 12.9. The number of hydrogen-bond acceptors (Lipinski definition) is 5. The predicted molar refractivity (Wildman–Crippen MR) is 98.5 cm³/mol. The number of hydrogen-bond donors (Lipinski definition) is 2. The smallest absolute Gasteiger partial charge is 0.269 e. The molecule has 0 saturated heterocycles. The largest absolute Gasteiger partial charge is 0.324 e. The number of carbonyl (C=O) groups excluding carboxylic acids is 2. The molecule has 2 aromatic carbocycles. The van der Waals surface area contributed by atoms with Gasteiger partial charge in [-0.1, -0.05) is 12.1 Å². The van der Waals surface area contributed by atoms with Crippen molar-refractivity contribution >= 4 is 40.2 Å². The normalized spacial score (nSPS) is 15.9. The second-order valence-electron chi connectivity index (χ2n) is 6.31. The Kier molecular flexibility index (Phi) is 3.84. The van der Waals surface area contributed by atoms with Crippen molar-refractivity contribution in [3.05, 3.63) is 58.1 Å². The maximum Gasteiger partial charge on any atom is 0.269 e. The Balaban J connectivity index is 1.69. The van der Waals surface area contributed by atoms with Gasteiger partial charge in [-0.25, -0.2) is 4.98 Å². The van der Waals surface area contributed by atoms with Crippen molar-refractivity contribution in [3.63, 3.8) is 0 Å². The molecule has 2 amide bonds. The summed E-state index contributed by atoms with van der Waals surface area (Å²) in [6.07, 6.45) is -0.0226. The van der Waals surface area contributed by atoms with Crippen molar-refractivity contribution in [1.82, 2.24) is 9.55 Å². The van der Waals surface area contributed by atoms with Crippen molar-refractivity contribution < 1.29 is 14.5 Å². The Labute approximate surface area is 153 Å². The molecule has 0 spiro atoms. The molecule has 0 saturated carbocycles. The number of nitrogens with zero attached hydrogens (tertiary/aromatic N) is 3. The van der Waals surface area contributed by atoms with Crippen molar-refractivity contribution in [2.24, 2.45) is 0 Å². The number of nitro benzene ring substituents is 1. The van der Waals surface area contributed by atoms with E-state index >= 15 is 0 Å². The lowest BCUT2D eigenvalue weighted by molar-refractivity contribution is -0.384. The highest BCUT2D eigenvalue weighted by Crippen LogP contribution is 2.31. The number of benzene rings is 2. The van der Waals surface area contributed by atoms with E-state index in [1.807, 2.05) is 24.3 Å². The first-order valence-electron chi connectivity index (χ1n) is 8.27. The topological polar surface area (TPSA) is 119 Å². The van der Waals surface area contributed by atoms with Crippen molar-refractivity contribution in [1.29, 1.82) is 0 Å². The first-order chi connectivity index (χ1) is 12.9. The van der Waals surface area contributed by atoms with Crippen LogP contribution in [0.2, 0.25) is 0 Å². The van der Waals surface area contributed by atoms with Gasteiger partial charge in [0.2, 0.25) is 17.8 Å². The summed E-state index contributed by atoms with van der Waals surface area (Å²) in [6.45, 7) is 1.67. The van der Waals surface area contributed by atoms with E-state index in [4.69, 9.17) is 0 Å². The van der Waals surface area contributed by atoms with Gasteiger partial charge in [0.05, 0.1) is 22.4 Å². The maximum absolute atomic E-state index is 12.9. The molecule has 0 aliphatic carbocycles. The van der Waals surface area contributed by atoms with Gasteiger partial charge >= 0.3 is 0 Å². The van der Waals surface area contributed by atoms with Gasteiger partial charge in [-0.15, -0.1) is 0 Å². The Morgan fingerprint density at radius 3 is 2.85 bits per heavy atom. The lowest BCUT2D eigenvalue weighted by atomic mass is 10.1. The number of nitrogens with one attached hydrogen (secondary N) is 2. The molecule has 9 heteroatoms. The van der Waals surface area contributed by atoms with E-state index in [1.165, 1.54) is 18.2 Å². The SMILES string of the molecule is Cc1cc([N+](=O)[O-])ccc1NC(=O)C1CC(=O)Nc2nc3ccccc3n21. The number of aryl methyl sites for hydroxylation is 1. The zero-order valence-corrected chi connectivity index (χ0v) is 14.3. The number of para-hydroxylation sites is 2. The van der Waals surface area contributed by atoms with Gasteiger partial charge in [0.15, 0.2) is 0 Å². The number of anilines is 2. The quantitative estimate of drug-likeness (QED) is 0.546. The van der Waals surface area contributed by atoms with Crippen LogP contribution in [0.4, 0.5) is 17.3 Å². The number of carbonyl (C=O) groups is 2. The minimum Gasteiger partial charge on any atom is -0.324 e. The summed E-state index contributed by atoms with van der Waals surface area (Å²) in [5.41, 5.74) is 2.40. The molecule has 0 radical (unpaired) electrons. The molecular weight excluding hydrogens is 350 g/mol. The number of aromatic nitrogens is 2. The second-order valence-corrected chi connectivity index (χ2v) is 6.31. The van der Waals surface area contributed by atoms with Crippen molar-refractivity contribution in [2.75, 3.05) is 10.6 Å². The van der Waals surface area contributed by atoms with Gasteiger partial charge in [-0.2, -0.15) is 0 Å². The summed E-state index contributed by atoms with van der Waals surface area (Å²) in [5.74, 6) is -0.349. The van der Waals surface area contributed by atoms with Crippen LogP contribution >= 0.6 is 0 Å². The van der Waals surface area contributed by atoms with Gasteiger partial charge in [-0.05, 0) is 30.7 Å². The highest BCUT2D eigenvalue weighted by molar-refractivity contribution is 6.03. The molecule has 1 aromatic heterocycles. The highest BCUT2D eigenvalue weighted by Gasteiger charge is 2.33. The third-order valence-electron chi connectivity index (χ3n) is 4.52. The monoisotopic (exact) mass is 365 g/mol. The number of nitro groups is 1. The fourth-order valence-corrected chi connectivity index (χ4v) is 3.22. The van der Waals surface area contributed by atoms with Gasteiger partial charge in [0.25, 0.3) is 5.69 Å². The Bertz CT molecular complexity index is 1100. The second kappa shape index (κ2) is 6.20. The minimum atomic E-state index is -0.768. The molecule has 1 aliphatic heterocycles. The lowest BCUT2D eigenvalue weighted by Gasteiger charge is -2.25. The summed E-state index contributed by atoms with van der Waals surface area (Å²) in [7, 11) is 0. The van der Waals surface area contributed by atoms with Crippen LogP contribution in [0.5, 0.6) is 0 Å².